The molecule has 20 heavy (non-hydrogen) atoms. The van der Waals surface area contributed by atoms with Gasteiger partial charge in [0.15, 0.2) is 0 Å². The molecule has 0 heterocycles. The number of carboxylic acids is 2. The zero-order valence-electron chi connectivity index (χ0n) is 10.9. The van der Waals surface area contributed by atoms with Gasteiger partial charge in [-0.25, -0.2) is 9.18 Å². The first-order valence-electron chi connectivity index (χ1n) is 6.93. The largest absolute Gasteiger partial charge is 0.480 e. The van der Waals surface area contributed by atoms with E-state index in [1.165, 1.54) is 0 Å². The third-order valence-electron chi connectivity index (χ3n) is 5.16. The summed E-state index contributed by atoms with van der Waals surface area (Å²) in [5, 5.41) is 18.3. The second-order valence-corrected chi connectivity index (χ2v) is 6.16. The SMILES string of the molecule is NC1(C(=O)O)C(OC2CCCC2)CC2C1C2(F)C(=O)O. The highest BCUT2D eigenvalue weighted by molar-refractivity contribution is 5.90. The van der Waals surface area contributed by atoms with Crippen molar-refractivity contribution in [2.24, 2.45) is 17.6 Å². The van der Waals surface area contributed by atoms with E-state index in [1.54, 1.807) is 0 Å². The molecular formula is C13H18FNO5. The monoisotopic (exact) mass is 287 g/mol. The van der Waals surface area contributed by atoms with Gasteiger partial charge in [-0.05, 0) is 19.3 Å². The Bertz CT molecular complexity index is 466. The van der Waals surface area contributed by atoms with Gasteiger partial charge in [0, 0.05) is 11.8 Å². The number of halogens is 1. The smallest absolute Gasteiger partial charge is 0.342 e. The number of carboxylic acid groups (broad SMARTS) is 2. The number of ether oxygens (including phenoxy) is 1. The molecule has 4 N–H and O–H groups in total. The van der Waals surface area contributed by atoms with E-state index in [1.807, 2.05) is 0 Å². The molecule has 7 heteroatoms. The van der Waals surface area contributed by atoms with E-state index in [0.29, 0.717) is 0 Å². The first kappa shape index (κ1) is 13.8. The van der Waals surface area contributed by atoms with Crippen molar-refractivity contribution in [2.45, 2.75) is 55.5 Å². The van der Waals surface area contributed by atoms with Crippen LogP contribution < -0.4 is 5.73 Å². The first-order chi connectivity index (χ1) is 9.32. The molecule has 5 unspecified atom stereocenters. The predicted molar refractivity (Wildman–Crippen MR) is 64.8 cm³/mol. The number of alkyl halides is 1. The Morgan fingerprint density at radius 1 is 1.20 bits per heavy atom. The third kappa shape index (κ3) is 1.56. The van der Waals surface area contributed by atoms with Crippen LogP contribution in [-0.2, 0) is 14.3 Å². The molecule has 3 fully saturated rings. The summed E-state index contributed by atoms with van der Waals surface area (Å²) in [6.07, 6.45) is 2.96. The number of nitrogens with two attached hydrogens (primary N) is 1. The van der Waals surface area contributed by atoms with Gasteiger partial charge in [-0.1, -0.05) is 12.8 Å². The fraction of sp³-hybridized carbons (Fsp3) is 0.846. The van der Waals surface area contributed by atoms with E-state index in [9.17, 15) is 19.1 Å². The van der Waals surface area contributed by atoms with Crippen LogP contribution in [0.2, 0.25) is 0 Å². The molecule has 0 radical (unpaired) electrons. The lowest BCUT2D eigenvalue weighted by molar-refractivity contribution is -0.158. The molecule has 6 nitrogen and oxygen atoms in total. The van der Waals surface area contributed by atoms with E-state index >= 15 is 0 Å². The van der Waals surface area contributed by atoms with Crippen LogP contribution in [0.3, 0.4) is 0 Å². The number of carbonyl (C=O) groups is 2. The summed E-state index contributed by atoms with van der Waals surface area (Å²) in [4.78, 5) is 22.5. The lowest BCUT2D eigenvalue weighted by atomic mass is 9.87. The van der Waals surface area contributed by atoms with Crippen molar-refractivity contribution in [2.75, 3.05) is 0 Å². The second kappa shape index (κ2) is 4.14. The van der Waals surface area contributed by atoms with Gasteiger partial charge in [-0.15, -0.1) is 0 Å². The summed E-state index contributed by atoms with van der Waals surface area (Å²) in [7, 11) is 0. The maximum Gasteiger partial charge on any atom is 0.342 e. The molecule has 0 aromatic rings. The van der Waals surface area contributed by atoms with Crippen LogP contribution in [-0.4, -0.2) is 45.6 Å². The first-order valence-corrected chi connectivity index (χ1v) is 6.93. The Balaban J connectivity index is 1.81. The molecule has 112 valence electrons. The highest BCUT2D eigenvalue weighted by Gasteiger charge is 2.85. The lowest BCUT2D eigenvalue weighted by Gasteiger charge is -2.33. The molecule has 0 amide bonds. The van der Waals surface area contributed by atoms with E-state index in [2.05, 4.69) is 0 Å². The number of rotatable bonds is 4. The van der Waals surface area contributed by atoms with Gasteiger partial charge in [-0.2, -0.15) is 0 Å². The Hall–Kier alpha value is -1.21. The quantitative estimate of drug-likeness (QED) is 0.696. The number of hydrogen-bond acceptors (Lipinski definition) is 4. The molecular weight excluding hydrogens is 269 g/mol. The van der Waals surface area contributed by atoms with Crippen LogP contribution in [0.1, 0.15) is 32.1 Å². The van der Waals surface area contributed by atoms with Crippen LogP contribution >= 0.6 is 0 Å². The van der Waals surface area contributed by atoms with Gasteiger partial charge in [0.2, 0.25) is 5.67 Å². The Morgan fingerprint density at radius 2 is 1.80 bits per heavy atom. The van der Waals surface area contributed by atoms with Crippen LogP contribution in [0.15, 0.2) is 0 Å². The average Bonchev–Trinajstić information content (AvgIpc) is 2.74. The number of hydrogen-bond donors (Lipinski definition) is 3. The normalized spacial score (nSPS) is 47.2. The predicted octanol–water partition coefficient (Wildman–Crippen LogP) is 0.539. The van der Waals surface area contributed by atoms with Gasteiger partial charge < -0.3 is 20.7 Å². The molecule has 3 aliphatic rings. The molecule has 0 aromatic heterocycles. The fourth-order valence-electron chi connectivity index (χ4n) is 4.03. The van der Waals surface area contributed by atoms with E-state index in [0.717, 1.165) is 25.7 Å². The van der Waals surface area contributed by atoms with Gasteiger partial charge in [0.25, 0.3) is 0 Å². The molecule has 3 aliphatic carbocycles. The van der Waals surface area contributed by atoms with Crippen LogP contribution in [0.4, 0.5) is 4.39 Å². The summed E-state index contributed by atoms with van der Waals surface area (Å²) < 4.78 is 20.0. The van der Waals surface area contributed by atoms with Gasteiger partial charge in [-0.3, -0.25) is 4.79 Å². The highest BCUT2D eigenvalue weighted by atomic mass is 19.1. The van der Waals surface area contributed by atoms with Crippen molar-refractivity contribution in [1.29, 1.82) is 0 Å². The van der Waals surface area contributed by atoms with E-state index in [-0.39, 0.29) is 12.5 Å². The standard InChI is InChI=1S/C13H18FNO5/c14-12(10(16)17)7-5-8(20-6-3-1-2-4-6)13(15,9(7)12)11(18)19/h6-9H,1-5,15H2,(H,16,17)(H,18,19). The van der Waals surface area contributed by atoms with E-state index < -0.39 is 41.1 Å². The minimum Gasteiger partial charge on any atom is -0.480 e. The second-order valence-electron chi connectivity index (χ2n) is 6.16. The average molecular weight is 287 g/mol. The van der Waals surface area contributed by atoms with Crippen molar-refractivity contribution in [3.05, 3.63) is 0 Å². The van der Waals surface area contributed by atoms with Crippen LogP contribution in [0.5, 0.6) is 0 Å². The number of fused-ring (bicyclic) bond motifs is 1. The fourth-order valence-corrected chi connectivity index (χ4v) is 4.03. The Morgan fingerprint density at radius 3 is 2.30 bits per heavy atom. The summed E-state index contributed by atoms with van der Waals surface area (Å²) in [6, 6.07) is 0. The molecule has 3 rings (SSSR count). The minimum absolute atomic E-state index is 0.0429. The number of aliphatic carboxylic acids is 2. The van der Waals surface area contributed by atoms with Crippen molar-refractivity contribution >= 4 is 11.9 Å². The Kier molecular flexibility index (Phi) is 2.85. The zero-order valence-corrected chi connectivity index (χ0v) is 10.9. The Labute approximate surface area is 115 Å². The van der Waals surface area contributed by atoms with Crippen molar-refractivity contribution < 1.29 is 28.9 Å². The molecule has 0 aromatic carbocycles. The molecule has 0 spiro atoms. The minimum atomic E-state index is -2.51. The van der Waals surface area contributed by atoms with Crippen LogP contribution in [0, 0.1) is 11.8 Å². The lowest BCUT2D eigenvalue weighted by Crippen LogP contribution is -2.61. The van der Waals surface area contributed by atoms with Crippen molar-refractivity contribution in [3.63, 3.8) is 0 Å². The highest BCUT2D eigenvalue weighted by Crippen LogP contribution is 2.67. The molecule has 3 saturated carbocycles. The molecule has 0 bridgehead atoms. The van der Waals surface area contributed by atoms with E-state index in [4.69, 9.17) is 15.6 Å². The van der Waals surface area contributed by atoms with Gasteiger partial charge in [0.05, 0.1) is 12.2 Å². The summed E-state index contributed by atoms with van der Waals surface area (Å²) in [6.45, 7) is 0. The summed E-state index contributed by atoms with van der Waals surface area (Å²) >= 11 is 0. The zero-order chi connectivity index (χ0) is 14.7. The van der Waals surface area contributed by atoms with Gasteiger partial charge >= 0.3 is 11.9 Å². The summed E-state index contributed by atoms with van der Waals surface area (Å²) in [5.74, 6) is -5.06. The topological polar surface area (TPSA) is 110 Å². The maximum atomic E-state index is 14.3. The van der Waals surface area contributed by atoms with Gasteiger partial charge in [0.1, 0.15) is 5.54 Å². The van der Waals surface area contributed by atoms with Crippen LogP contribution in [0.25, 0.3) is 0 Å². The molecule has 5 atom stereocenters. The summed E-state index contributed by atoms with van der Waals surface area (Å²) in [5.41, 5.74) is 1.44. The third-order valence-corrected chi connectivity index (χ3v) is 5.16. The van der Waals surface area contributed by atoms with Crippen molar-refractivity contribution in [1.82, 2.24) is 0 Å². The molecule has 0 saturated heterocycles. The maximum absolute atomic E-state index is 14.3. The molecule has 0 aliphatic heterocycles. The van der Waals surface area contributed by atoms with Crippen molar-refractivity contribution in [3.8, 4) is 0 Å².